The summed E-state index contributed by atoms with van der Waals surface area (Å²) in [6.07, 6.45) is 4.92. The molecule has 6 nitrogen and oxygen atoms in total. The number of hydrogen-bond donors (Lipinski definition) is 2. The van der Waals surface area contributed by atoms with Crippen LogP contribution in [-0.4, -0.2) is 57.8 Å². The first kappa shape index (κ1) is 23.7. The molecule has 3 rings (SSSR count). The monoisotopic (exact) mass is 446 g/mol. The zero-order valence-corrected chi connectivity index (χ0v) is 19.5. The van der Waals surface area contributed by atoms with Gasteiger partial charge in [0.15, 0.2) is 0 Å². The van der Waals surface area contributed by atoms with Crippen LogP contribution in [0.2, 0.25) is 0 Å². The lowest BCUT2D eigenvalue weighted by molar-refractivity contribution is 0.185. The summed E-state index contributed by atoms with van der Waals surface area (Å²) in [7, 11) is 2.12. The number of nitrogens with zero attached hydrogens (tertiary/aromatic N) is 1. The Morgan fingerprint density at radius 2 is 1.52 bits per heavy atom. The number of rotatable bonds is 10. The lowest BCUT2D eigenvalue weighted by Gasteiger charge is -2.27. The van der Waals surface area contributed by atoms with Crippen LogP contribution in [0.1, 0.15) is 36.8 Å². The van der Waals surface area contributed by atoms with Crippen molar-refractivity contribution >= 4 is 10.0 Å². The fraction of sp³-hybridized carbons (Fsp3) is 0.500. The van der Waals surface area contributed by atoms with Gasteiger partial charge in [-0.1, -0.05) is 37.1 Å². The van der Waals surface area contributed by atoms with E-state index >= 15 is 0 Å². The number of sulfonamides is 1. The Bertz CT molecular complexity index is 935. The molecular formula is C24H34N2O4S. The lowest BCUT2D eigenvalue weighted by Crippen LogP contribution is -2.49. The van der Waals surface area contributed by atoms with E-state index in [0.717, 1.165) is 37.0 Å². The molecule has 170 valence electrons. The molecule has 2 aromatic rings. The molecule has 0 radical (unpaired) electrons. The van der Waals surface area contributed by atoms with E-state index in [1.807, 2.05) is 24.3 Å². The Hall–Kier alpha value is -1.93. The standard InChI is InChI=1S/C24H34N2O4S/c1-26(2)21(16-19-6-10-22(30-3)11-7-19)17-20-8-12-23(13-9-20)31(28,29)25-24(18-27)14-4-5-15-24/h6-13,21,25,27H,4-5,14-18H2,1-3H3. The SMILES string of the molecule is COc1ccc(CC(Cc2ccc(S(=O)(=O)NC3(CO)CCCC3)cc2)N(C)C)cc1. The van der Waals surface area contributed by atoms with Gasteiger partial charge in [0.25, 0.3) is 0 Å². The molecule has 1 saturated carbocycles. The summed E-state index contributed by atoms with van der Waals surface area (Å²) in [5, 5.41) is 9.73. The molecule has 2 aromatic carbocycles. The van der Waals surface area contributed by atoms with Crippen molar-refractivity contribution in [2.24, 2.45) is 0 Å². The topological polar surface area (TPSA) is 78.9 Å². The highest BCUT2D eigenvalue weighted by Gasteiger charge is 2.37. The summed E-state index contributed by atoms with van der Waals surface area (Å²) in [5.41, 5.74) is 1.60. The summed E-state index contributed by atoms with van der Waals surface area (Å²) in [4.78, 5) is 2.44. The zero-order chi connectivity index (χ0) is 22.5. The molecule has 0 heterocycles. The molecule has 7 heteroatoms. The average molecular weight is 447 g/mol. The van der Waals surface area contributed by atoms with Gasteiger partial charge in [-0.25, -0.2) is 13.1 Å². The number of methoxy groups -OCH3 is 1. The van der Waals surface area contributed by atoms with Gasteiger partial charge in [0, 0.05) is 6.04 Å². The van der Waals surface area contributed by atoms with Crippen LogP contribution in [0.3, 0.4) is 0 Å². The molecule has 1 aliphatic carbocycles. The van der Waals surface area contributed by atoms with Crippen molar-refractivity contribution in [1.82, 2.24) is 9.62 Å². The number of likely N-dealkylation sites (N-methyl/N-ethyl adjacent to an activating group) is 1. The lowest BCUT2D eigenvalue weighted by atomic mass is 9.98. The zero-order valence-electron chi connectivity index (χ0n) is 18.7. The van der Waals surface area contributed by atoms with Crippen molar-refractivity contribution in [3.8, 4) is 5.75 Å². The number of nitrogens with one attached hydrogen (secondary N) is 1. The molecule has 0 spiro atoms. The Morgan fingerprint density at radius 1 is 1.00 bits per heavy atom. The fourth-order valence-corrected chi connectivity index (χ4v) is 5.69. The molecule has 0 amide bonds. The van der Waals surface area contributed by atoms with Gasteiger partial charge in [0.1, 0.15) is 5.75 Å². The Labute approximate surface area is 186 Å². The molecule has 0 saturated heterocycles. The maximum Gasteiger partial charge on any atom is 0.241 e. The molecule has 1 fully saturated rings. The highest BCUT2D eigenvalue weighted by molar-refractivity contribution is 7.89. The molecule has 0 bridgehead atoms. The molecule has 31 heavy (non-hydrogen) atoms. The van der Waals surface area contributed by atoms with Crippen molar-refractivity contribution in [1.29, 1.82) is 0 Å². The number of benzene rings is 2. The fourth-order valence-electron chi connectivity index (χ4n) is 4.24. The van der Waals surface area contributed by atoms with Crippen LogP contribution in [0, 0.1) is 0 Å². The van der Waals surface area contributed by atoms with Gasteiger partial charge in [-0.05, 0) is 75.2 Å². The number of aliphatic hydroxyl groups excluding tert-OH is 1. The van der Waals surface area contributed by atoms with Crippen LogP contribution in [-0.2, 0) is 22.9 Å². The predicted molar refractivity (Wildman–Crippen MR) is 123 cm³/mol. The third-order valence-electron chi connectivity index (χ3n) is 6.28. The Morgan fingerprint density at radius 3 is 1.97 bits per heavy atom. The second-order valence-corrected chi connectivity index (χ2v) is 10.5. The molecule has 1 atom stereocenters. The summed E-state index contributed by atoms with van der Waals surface area (Å²) in [6.45, 7) is -0.166. The summed E-state index contributed by atoms with van der Waals surface area (Å²) < 4.78 is 33.7. The van der Waals surface area contributed by atoms with Crippen LogP contribution in [0.25, 0.3) is 0 Å². The Balaban J connectivity index is 1.68. The van der Waals surface area contributed by atoms with E-state index in [-0.39, 0.29) is 17.5 Å². The van der Waals surface area contributed by atoms with Crippen molar-refractivity contribution in [2.45, 2.75) is 55.0 Å². The molecule has 0 aromatic heterocycles. The van der Waals surface area contributed by atoms with Crippen LogP contribution in [0.15, 0.2) is 53.4 Å². The third kappa shape index (κ3) is 6.07. The minimum atomic E-state index is -3.66. The van der Waals surface area contributed by atoms with Crippen LogP contribution >= 0.6 is 0 Å². The van der Waals surface area contributed by atoms with Crippen molar-refractivity contribution in [3.63, 3.8) is 0 Å². The third-order valence-corrected chi connectivity index (χ3v) is 7.87. The van der Waals surface area contributed by atoms with Gasteiger partial charge in [0.05, 0.1) is 24.2 Å². The van der Waals surface area contributed by atoms with Crippen molar-refractivity contribution < 1.29 is 18.3 Å². The molecule has 1 unspecified atom stereocenters. The van der Waals surface area contributed by atoms with E-state index in [1.54, 1.807) is 19.2 Å². The van der Waals surface area contributed by atoms with E-state index in [2.05, 4.69) is 35.9 Å². The van der Waals surface area contributed by atoms with Gasteiger partial charge >= 0.3 is 0 Å². The van der Waals surface area contributed by atoms with Gasteiger partial charge in [0.2, 0.25) is 10.0 Å². The van der Waals surface area contributed by atoms with E-state index in [9.17, 15) is 13.5 Å². The maximum atomic E-state index is 12.8. The molecular weight excluding hydrogens is 412 g/mol. The predicted octanol–water partition coefficient (Wildman–Crippen LogP) is 2.99. The quantitative estimate of drug-likeness (QED) is 0.587. The highest BCUT2D eigenvalue weighted by Crippen LogP contribution is 2.31. The first-order valence-corrected chi connectivity index (χ1v) is 12.3. The van der Waals surface area contributed by atoms with Gasteiger partial charge < -0.3 is 14.7 Å². The minimum absolute atomic E-state index is 0.166. The normalized spacial score (nSPS) is 17.1. The molecule has 0 aliphatic heterocycles. The summed E-state index contributed by atoms with van der Waals surface area (Å²) in [6, 6.07) is 15.5. The van der Waals surface area contributed by atoms with E-state index in [1.165, 1.54) is 5.56 Å². The number of hydrogen-bond acceptors (Lipinski definition) is 5. The number of aliphatic hydroxyl groups is 1. The summed E-state index contributed by atoms with van der Waals surface area (Å²) in [5.74, 6) is 0.844. The van der Waals surface area contributed by atoms with Crippen LogP contribution in [0.5, 0.6) is 5.75 Å². The first-order chi connectivity index (χ1) is 14.8. The highest BCUT2D eigenvalue weighted by atomic mass is 32.2. The van der Waals surface area contributed by atoms with Gasteiger partial charge in [-0.2, -0.15) is 0 Å². The Kier molecular flexibility index (Phi) is 7.75. The van der Waals surface area contributed by atoms with E-state index in [0.29, 0.717) is 12.8 Å². The first-order valence-electron chi connectivity index (χ1n) is 10.8. The van der Waals surface area contributed by atoms with Crippen molar-refractivity contribution in [3.05, 3.63) is 59.7 Å². The molecule has 1 aliphatic rings. The average Bonchev–Trinajstić information content (AvgIpc) is 3.22. The van der Waals surface area contributed by atoms with E-state index < -0.39 is 15.6 Å². The maximum absolute atomic E-state index is 12.8. The number of ether oxygens (including phenoxy) is 1. The largest absolute Gasteiger partial charge is 0.497 e. The summed E-state index contributed by atoms with van der Waals surface area (Å²) >= 11 is 0. The van der Waals surface area contributed by atoms with Gasteiger partial charge in [-0.15, -0.1) is 0 Å². The van der Waals surface area contributed by atoms with Crippen molar-refractivity contribution in [2.75, 3.05) is 27.8 Å². The molecule has 2 N–H and O–H groups in total. The van der Waals surface area contributed by atoms with Crippen LogP contribution in [0.4, 0.5) is 0 Å². The van der Waals surface area contributed by atoms with Gasteiger partial charge in [-0.3, -0.25) is 0 Å². The van der Waals surface area contributed by atoms with Crippen LogP contribution < -0.4 is 9.46 Å². The second kappa shape index (κ2) is 10.1. The minimum Gasteiger partial charge on any atom is -0.497 e. The smallest absolute Gasteiger partial charge is 0.241 e. The second-order valence-electron chi connectivity index (χ2n) is 8.77. The van der Waals surface area contributed by atoms with E-state index in [4.69, 9.17) is 4.74 Å².